The number of nitrogens with one attached hydrogen (secondary N) is 1. The minimum absolute atomic E-state index is 0.0147. The molecular formula is C11H12BrNO. The molecule has 0 spiro atoms. The number of anilines is 1. The maximum Gasteiger partial charge on any atom is 0.135 e. The molecule has 0 amide bonds. The summed E-state index contributed by atoms with van der Waals surface area (Å²) in [6.45, 7) is 1.93. The van der Waals surface area contributed by atoms with Crippen molar-refractivity contribution in [2.75, 3.05) is 12.4 Å². The van der Waals surface area contributed by atoms with Crippen molar-refractivity contribution in [1.82, 2.24) is 0 Å². The minimum Gasteiger partial charge on any atom is -0.495 e. The third-order valence-corrected chi connectivity index (χ3v) is 2.44. The van der Waals surface area contributed by atoms with Gasteiger partial charge in [0, 0.05) is 11.8 Å². The Hall–Kier alpha value is -1.14. The standard InChI is InChI=1S/C11H12BrNO/c1-4-8(2)13-9-5-6-10(12)11(7-9)14-3/h1,5-8,13H,2-3H3. The molecule has 0 radical (unpaired) electrons. The minimum atomic E-state index is 0.0147. The zero-order chi connectivity index (χ0) is 10.6. The van der Waals surface area contributed by atoms with Crippen LogP contribution in [0.4, 0.5) is 5.69 Å². The number of rotatable bonds is 3. The van der Waals surface area contributed by atoms with Crippen LogP contribution in [0.2, 0.25) is 0 Å². The Morgan fingerprint density at radius 2 is 2.29 bits per heavy atom. The fourth-order valence-corrected chi connectivity index (χ4v) is 1.45. The summed E-state index contributed by atoms with van der Waals surface area (Å²) in [5.41, 5.74) is 0.954. The van der Waals surface area contributed by atoms with E-state index in [9.17, 15) is 0 Å². The number of halogens is 1. The van der Waals surface area contributed by atoms with E-state index in [0.717, 1.165) is 15.9 Å². The molecule has 0 aromatic heterocycles. The zero-order valence-electron chi connectivity index (χ0n) is 8.17. The van der Waals surface area contributed by atoms with E-state index in [1.54, 1.807) is 7.11 Å². The first-order valence-electron chi connectivity index (χ1n) is 4.23. The third-order valence-electron chi connectivity index (χ3n) is 1.78. The Morgan fingerprint density at radius 1 is 1.57 bits per heavy atom. The van der Waals surface area contributed by atoms with E-state index in [0.29, 0.717) is 0 Å². The van der Waals surface area contributed by atoms with Crippen LogP contribution in [0.15, 0.2) is 22.7 Å². The summed E-state index contributed by atoms with van der Waals surface area (Å²) in [6.07, 6.45) is 5.27. The SMILES string of the molecule is C#CC(C)Nc1ccc(Br)c(OC)c1. The number of hydrogen-bond acceptors (Lipinski definition) is 2. The van der Waals surface area contributed by atoms with Crippen molar-refractivity contribution < 1.29 is 4.74 Å². The fourth-order valence-electron chi connectivity index (χ4n) is 1.04. The van der Waals surface area contributed by atoms with E-state index in [1.807, 2.05) is 25.1 Å². The quantitative estimate of drug-likeness (QED) is 0.837. The number of methoxy groups -OCH3 is 1. The molecule has 0 heterocycles. The largest absolute Gasteiger partial charge is 0.495 e. The van der Waals surface area contributed by atoms with Crippen LogP contribution in [-0.2, 0) is 0 Å². The van der Waals surface area contributed by atoms with Gasteiger partial charge in [-0.2, -0.15) is 0 Å². The van der Waals surface area contributed by atoms with Crippen LogP contribution < -0.4 is 10.1 Å². The lowest BCUT2D eigenvalue weighted by atomic mass is 10.2. The highest BCUT2D eigenvalue weighted by atomic mass is 79.9. The van der Waals surface area contributed by atoms with Gasteiger partial charge in [-0.1, -0.05) is 5.92 Å². The van der Waals surface area contributed by atoms with E-state index in [1.165, 1.54) is 0 Å². The molecule has 1 aromatic carbocycles. The van der Waals surface area contributed by atoms with E-state index in [-0.39, 0.29) is 6.04 Å². The molecule has 0 aliphatic carbocycles. The lowest BCUT2D eigenvalue weighted by Gasteiger charge is -2.11. The predicted octanol–water partition coefficient (Wildman–Crippen LogP) is 2.89. The summed E-state index contributed by atoms with van der Waals surface area (Å²) in [5, 5.41) is 3.16. The Bertz CT molecular complexity index is 357. The van der Waals surface area contributed by atoms with Gasteiger partial charge < -0.3 is 10.1 Å². The van der Waals surface area contributed by atoms with E-state index in [4.69, 9.17) is 11.2 Å². The van der Waals surface area contributed by atoms with Crippen molar-refractivity contribution in [3.63, 3.8) is 0 Å². The molecule has 3 heteroatoms. The van der Waals surface area contributed by atoms with Gasteiger partial charge in [0.05, 0.1) is 17.6 Å². The zero-order valence-corrected chi connectivity index (χ0v) is 9.76. The normalized spacial score (nSPS) is 11.6. The molecule has 1 unspecified atom stereocenters. The molecule has 0 aliphatic rings. The van der Waals surface area contributed by atoms with Crippen molar-refractivity contribution in [3.05, 3.63) is 22.7 Å². The van der Waals surface area contributed by atoms with Gasteiger partial charge in [0.15, 0.2) is 0 Å². The summed E-state index contributed by atoms with van der Waals surface area (Å²) in [4.78, 5) is 0. The van der Waals surface area contributed by atoms with Crippen LogP contribution >= 0.6 is 15.9 Å². The van der Waals surface area contributed by atoms with Crippen molar-refractivity contribution >= 4 is 21.6 Å². The van der Waals surface area contributed by atoms with Crippen molar-refractivity contribution in [2.24, 2.45) is 0 Å². The highest BCUT2D eigenvalue weighted by Gasteiger charge is 2.02. The topological polar surface area (TPSA) is 21.3 Å². The maximum absolute atomic E-state index is 5.27. The summed E-state index contributed by atoms with van der Waals surface area (Å²) in [5.74, 6) is 3.39. The van der Waals surface area contributed by atoms with Gasteiger partial charge in [-0.05, 0) is 35.0 Å². The monoisotopic (exact) mass is 253 g/mol. The molecule has 0 saturated heterocycles. The maximum atomic E-state index is 5.27. The molecule has 2 nitrogen and oxygen atoms in total. The molecule has 74 valence electrons. The van der Waals surface area contributed by atoms with Crippen LogP contribution in [-0.4, -0.2) is 13.2 Å². The number of ether oxygens (including phenoxy) is 1. The first-order valence-corrected chi connectivity index (χ1v) is 5.03. The fraction of sp³-hybridized carbons (Fsp3) is 0.273. The van der Waals surface area contributed by atoms with Crippen molar-refractivity contribution in [1.29, 1.82) is 0 Å². The summed E-state index contributed by atoms with van der Waals surface area (Å²) >= 11 is 3.38. The van der Waals surface area contributed by atoms with Gasteiger partial charge in [-0.15, -0.1) is 6.42 Å². The third kappa shape index (κ3) is 2.68. The first kappa shape index (κ1) is 10.9. The molecule has 0 bridgehead atoms. The molecule has 1 N–H and O–H groups in total. The lowest BCUT2D eigenvalue weighted by molar-refractivity contribution is 0.412. The molecule has 1 rings (SSSR count). The van der Waals surface area contributed by atoms with Crippen LogP contribution in [0.3, 0.4) is 0 Å². The summed E-state index contributed by atoms with van der Waals surface area (Å²) < 4.78 is 6.09. The van der Waals surface area contributed by atoms with E-state index in [2.05, 4.69) is 27.2 Å². The second-order valence-corrected chi connectivity index (χ2v) is 3.74. The molecule has 1 atom stereocenters. The number of hydrogen-bond donors (Lipinski definition) is 1. The summed E-state index contributed by atoms with van der Waals surface area (Å²) in [7, 11) is 1.63. The molecule has 0 fully saturated rings. The lowest BCUT2D eigenvalue weighted by Crippen LogP contribution is -2.11. The Morgan fingerprint density at radius 3 is 2.86 bits per heavy atom. The molecule has 0 saturated carbocycles. The Labute approximate surface area is 92.8 Å². The smallest absolute Gasteiger partial charge is 0.135 e. The second-order valence-electron chi connectivity index (χ2n) is 2.88. The molecular weight excluding hydrogens is 242 g/mol. The van der Waals surface area contributed by atoms with Crippen LogP contribution in [0.5, 0.6) is 5.75 Å². The van der Waals surface area contributed by atoms with Gasteiger partial charge >= 0.3 is 0 Å². The number of terminal acetylenes is 1. The Kier molecular flexibility index (Phi) is 3.84. The van der Waals surface area contributed by atoms with Gasteiger partial charge in [0.2, 0.25) is 0 Å². The second kappa shape index (κ2) is 4.92. The van der Waals surface area contributed by atoms with Gasteiger partial charge in [0.25, 0.3) is 0 Å². The molecule has 1 aromatic rings. The van der Waals surface area contributed by atoms with Gasteiger partial charge in [0.1, 0.15) is 5.75 Å². The predicted molar refractivity (Wildman–Crippen MR) is 62.6 cm³/mol. The van der Waals surface area contributed by atoms with Gasteiger partial charge in [-0.25, -0.2) is 0 Å². The average molecular weight is 254 g/mol. The van der Waals surface area contributed by atoms with Crippen molar-refractivity contribution in [3.8, 4) is 18.1 Å². The van der Waals surface area contributed by atoms with Gasteiger partial charge in [-0.3, -0.25) is 0 Å². The average Bonchev–Trinajstić information content (AvgIpc) is 2.20. The van der Waals surface area contributed by atoms with Crippen molar-refractivity contribution in [2.45, 2.75) is 13.0 Å². The van der Waals surface area contributed by atoms with E-state index < -0.39 is 0 Å². The van der Waals surface area contributed by atoms with Crippen LogP contribution in [0, 0.1) is 12.3 Å². The van der Waals surface area contributed by atoms with Crippen LogP contribution in [0.25, 0.3) is 0 Å². The first-order chi connectivity index (χ1) is 6.67. The molecule has 14 heavy (non-hydrogen) atoms. The summed E-state index contributed by atoms with van der Waals surface area (Å²) in [6, 6.07) is 5.78. The molecule has 0 aliphatic heterocycles. The highest BCUT2D eigenvalue weighted by Crippen LogP contribution is 2.27. The van der Waals surface area contributed by atoms with Crippen LogP contribution in [0.1, 0.15) is 6.92 Å². The number of benzene rings is 1. The highest BCUT2D eigenvalue weighted by molar-refractivity contribution is 9.10. The van der Waals surface area contributed by atoms with E-state index >= 15 is 0 Å². The Balaban J connectivity index is 2.85.